The quantitative estimate of drug-likeness (QED) is 0.693. The first-order valence-electron chi connectivity index (χ1n) is 7.23. The predicted molar refractivity (Wildman–Crippen MR) is 87.2 cm³/mol. The van der Waals surface area contributed by atoms with Gasteiger partial charge < -0.3 is 4.74 Å². The fourth-order valence-corrected chi connectivity index (χ4v) is 1.69. The van der Waals surface area contributed by atoms with Crippen LogP contribution in [0.5, 0.6) is 0 Å². The molecule has 2 aromatic rings. The molecule has 120 valence electrons. The molecule has 0 fully saturated rings. The number of halogens is 1. The summed E-state index contributed by atoms with van der Waals surface area (Å²) in [6.07, 6.45) is 0.988. The van der Waals surface area contributed by atoms with Crippen LogP contribution in [0.4, 0.5) is 4.39 Å². The van der Waals surface area contributed by atoms with Gasteiger partial charge in [0.1, 0.15) is 13.7 Å². The SMILES string of the molecule is CC.[B]c1ccc(C(=O)Nn2cc(F)cc2C(=O)OCC)cc1. The number of carbonyl (C=O) groups is 2. The summed E-state index contributed by atoms with van der Waals surface area (Å²) in [5.41, 5.74) is 3.15. The number of nitrogens with one attached hydrogen (secondary N) is 1. The Morgan fingerprint density at radius 1 is 1.26 bits per heavy atom. The minimum absolute atomic E-state index is 0.0989. The zero-order chi connectivity index (χ0) is 17.4. The van der Waals surface area contributed by atoms with E-state index in [1.54, 1.807) is 19.1 Å². The van der Waals surface area contributed by atoms with Gasteiger partial charge in [0.05, 0.1) is 12.8 Å². The molecule has 1 aromatic carbocycles. The molecule has 23 heavy (non-hydrogen) atoms. The van der Waals surface area contributed by atoms with Gasteiger partial charge in [-0.3, -0.25) is 14.9 Å². The number of hydrogen-bond donors (Lipinski definition) is 1. The van der Waals surface area contributed by atoms with Gasteiger partial charge >= 0.3 is 5.97 Å². The van der Waals surface area contributed by atoms with Crippen molar-refractivity contribution in [2.45, 2.75) is 20.8 Å². The molecule has 1 amide bonds. The van der Waals surface area contributed by atoms with Gasteiger partial charge in [-0.2, -0.15) is 0 Å². The first kappa shape index (κ1) is 18.5. The van der Waals surface area contributed by atoms with Crippen molar-refractivity contribution in [1.82, 2.24) is 4.68 Å². The molecule has 5 nitrogen and oxygen atoms in total. The Hall–Kier alpha value is -2.57. The molecule has 0 saturated carbocycles. The van der Waals surface area contributed by atoms with E-state index in [2.05, 4.69) is 5.43 Å². The molecule has 7 heteroatoms. The Balaban J connectivity index is 0.00000127. The van der Waals surface area contributed by atoms with E-state index in [0.29, 0.717) is 11.0 Å². The van der Waals surface area contributed by atoms with Crippen molar-refractivity contribution in [1.29, 1.82) is 0 Å². The van der Waals surface area contributed by atoms with Gasteiger partial charge in [-0.05, 0) is 19.1 Å². The monoisotopic (exact) mass is 316 g/mol. The third kappa shape index (κ3) is 4.98. The van der Waals surface area contributed by atoms with Crippen molar-refractivity contribution in [3.05, 3.63) is 53.6 Å². The number of aromatic nitrogens is 1. The number of rotatable bonds is 4. The highest BCUT2D eigenvalue weighted by molar-refractivity contribution is 6.32. The van der Waals surface area contributed by atoms with E-state index in [1.807, 2.05) is 13.8 Å². The number of benzene rings is 1. The van der Waals surface area contributed by atoms with Gasteiger partial charge in [0.2, 0.25) is 0 Å². The molecule has 0 aliphatic rings. The summed E-state index contributed by atoms with van der Waals surface area (Å²) in [6, 6.07) is 7.17. The number of amides is 1. The standard InChI is InChI=1S/C14H12BFN2O3.C2H6/c1-2-21-14(20)12-7-11(16)8-18(12)17-13(19)9-3-5-10(15)6-4-9;1-2/h3-8H,2H2,1H3,(H,17,19);1-2H3. The number of nitrogens with zero attached hydrogens (tertiary/aromatic N) is 1. The van der Waals surface area contributed by atoms with Crippen molar-refractivity contribution in [3.63, 3.8) is 0 Å². The molecule has 0 aliphatic heterocycles. The van der Waals surface area contributed by atoms with Crippen LogP contribution in [-0.2, 0) is 4.74 Å². The van der Waals surface area contributed by atoms with Crippen molar-refractivity contribution >= 4 is 25.2 Å². The Morgan fingerprint density at radius 2 is 1.87 bits per heavy atom. The Morgan fingerprint density at radius 3 is 2.43 bits per heavy atom. The van der Waals surface area contributed by atoms with Crippen molar-refractivity contribution in [2.24, 2.45) is 0 Å². The molecule has 0 aliphatic carbocycles. The third-order valence-electron chi connectivity index (χ3n) is 2.67. The minimum atomic E-state index is -0.723. The lowest BCUT2D eigenvalue weighted by Crippen LogP contribution is -2.26. The van der Waals surface area contributed by atoms with Gasteiger partial charge in [0, 0.05) is 11.6 Å². The second-order valence-electron chi connectivity index (χ2n) is 4.20. The Kier molecular flexibility index (Phi) is 7.05. The minimum Gasteiger partial charge on any atom is -0.461 e. The first-order chi connectivity index (χ1) is 11.0. The van der Waals surface area contributed by atoms with Crippen LogP contribution >= 0.6 is 0 Å². The van der Waals surface area contributed by atoms with Gasteiger partial charge in [-0.15, -0.1) is 0 Å². The molecule has 0 atom stereocenters. The predicted octanol–water partition coefficient (Wildman–Crippen LogP) is 2.01. The second kappa shape index (κ2) is 8.78. The molecule has 0 saturated heterocycles. The van der Waals surface area contributed by atoms with E-state index in [-0.39, 0.29) is 12.3 Å². The van der Waals surface area contributed by atoms with Crippen molar-refractivity contribution in [3.8, 4) is 0 Å². The van der Waals surface area contributed by atoms with Crippen molar-refractivity contribution in [2.75, 3.05) is 12.0 Å². The van der Waals surface area contributed by atoms with E-state index in [4.69, 9.17) is 12.6 Å². The summed E-state index contributed by atoms with van der Waals surface area (Å²) in [6.45, 7) is 5.78. The summed E-state index contributed by atoms with van der Waals surface area (Å²) in [4.78, 5) is 23.7. The highest BCUT2D eigenvalue weighted by Gasteiger charge is 2.17. The van der Waals surface area contributed by atoms with Gasteiger partial charge in [-0.25, -0.2) is 9.18 Å². The first-order valence-corrected chi connectivity index (χ1v) is 7.23. The average molecular weight is 316 g/mol. The van der Waals surface area contributed by atoms with E-state index in [0.717, 1.165) is 16.9 Å². The van der Waals surface area contributed by atoms with Gasteiger partial charge in [0.15, 0.2) is 5.69 Å². The fraction of sp³-hybridized carbons (Fsp3) is 0.250. The Labute approximate surface area is 135 Å². The smallest absolute Gasteiger partial charge is 0.356 e. The van der Waals surface area contributed by atoms with E-state index in [9.17, 15) is 14.0 Å². The number of ether oxygens (including phenoxy) is 1. The van der Waals surface area contributed by atoms with Gasteiger partial charge in [0.25, 0.3) is 5.91 Å². The van der Waals surface area contributed by atoms with E-state index < -0.39 is 17.7 Å². The zero-order valence-corrected chi connectivity index (χ0v) is 13.3. The highest BCUT2D eigenvalue weighted by Crippen LogP contribution is 2.08. The summed E-state index contributed by atoms with van der Waals surface area (Å²) < 4.78 is 19.1. The topological polar surface area (TPSA) is 60.3 Å². The van der Waals surface area contributed by atoms with Gasteiger partial charge in [-0.1, -0.05) is 31.4 Å². The van der Waals surface area contributed by atoms with Crippen molar-refractivity contribution < 1.29 is 18.7 Å². The lowest BCUT2D eigenvalue weighted by molar-refractivity contribution is 0.0515. The maximum absolute atomic E-state index is 13.3. The summed E-state index contributed by atoms with van der Waals surface area (Å²) >= 11 is 0. The maximum atomic E-state index is 13.3. The molecule has 0 bridgehead atoms. The summed E-state index contributed by atoms with van der Waals surface area (Å²) in [5, 5.41) is 0. The van der Waals surface area contributed by atoms with Crippen LogP contribution in [0.2, 0.25) is 0 Å². The second-order valence-corrected chi connectivity index (χ2v) is 4.20. The summed E-state index contributed by atoms with van der Waals surface area (Å²) in [7, 11) is 5.53. The van der Waals surface area contributed by atoms with Crippen LogP contribution in [0.3, 0.4) is 0 Å². The van der Waals surface area contributed by atoms with Crippen LogP contribution in [0, 0.1) is 5.82 Å². The normalized spacial score (nSPS) is 9.57. The van der Waals surface area contributed by atoms with Crippen LogP contribution in [0.1, 0.15) is 41.6 Å². The highest BCUT2D eigenvalue weighted by atomic mass is 19.1. The van der Waals surface area contributed by atoms with Crippen LogP contribution < -0.4 is 10.9 Å². The third-order valence-corrected chi connectivity index (χ3v) is 2.67. The van der Waals surface area contributed by atoms with Crippen LogP contribution in [0.25, 0.3) is 0 Å². The van der Waals surface area contributed by atoms with Crippen LogP contribution in [0.15, 0.2) is 36.5 Å². The molecular weight excluding hydrogens is 298 g/mol. The number of hydrogen-bond acceptors (Lipinski definition) is 3. The van der Waals surface area contributed by atoms with E-state index in [1.165, 1.54) is 12.1 Å². The lowest BCUT2D eigenvalue weighted by atomic mass is 9.95. The summed E-state index contributed by atoms with van der Waals surface area (Å²) in [5.74, 6) is -1.88. The number of esters is 1. The lowest BCUT2D eigenvalue weighted by Gasteiger charge is -2.10. The largest absolute Gasteiger partial charge is 0.461 e. The number of carbonyl (C=O) groups excluding carboxylic acids is 2. The molecule has 2 radical (unpaired) electrons. The maximum Gasteiger partial charge on any atom is 0.356 e. The molecule has 1 heterocycles. The average Bonchev–Trinajstić information content (AvgIpc) is 2.90. The Bertz CT molecular complexity index is 668. The van der Waals surface area contributed by atoms with Crippen LogP contribution in [-0.4, -0.2) is 31.0 Å². The molecule has 0 spiro atoms. The molecule has 1 N–H and O–H groups in total. The zero-order valence-electron chi connectivity index (χ0n) is 13.3. The molecule has 1 aromatic heterocycles. The van der Waals surface area contributed by atoms with E-state index >= 15 is 0 Å². The molecule has 2 rings (SSSR count). The molecular formula is C16H18BFN2O3. The fourth-order valence-electron chi connectivity index (χ4n) is 1.69. The molecule has 0 unspecified atom stereocenters.